The Labute approximate surface area is 611 Å². The number of nitrogens with two attached hydrogens (primary N) is 1. The van der Waals surface area contributed by atoms with Gasteiger partial charge in [0.2, 0.25) is 27.9 Å². The zero-order valence-electron chi connectivity index (χ0n) is 57.6. The summed E-state index contributed by atoms with van der Waals surface area (Å²) in [6, 6.07) is 11.0. The predicted molar refractivity (Wildman–Crippen MR) is 408 cm³/mol. The van der Waals surface area contributed by atoms with Crippen molar-refractivity contribution in [1.82, 2.24) is 91.3 Å². The van der Waals surface area contributed by atoms with Crippen LogP contribution in [0.1, 0.15) is 183 Å². The summed E-state index contributed by atoms with van der Waals surface area (Å²) in [4.78, 5) is 54.8. The van der Waals surface area contributed by atoms with E-state index in [9.17, 15) is 18.3 Å². The largest absolute Gasteiger partial charge is 0.444 e. The molecule has 4 aliphatic carbocycles. The van der Waals surface area contributed by atoms with Gasteiger partial charge in [-0.1, -0.05) is 17.8 Å². The number of terminal acetylenes is 3. The number of H-pyrrole nitrogens is 4. The zero-order chi connectivity index (χ0) is 71.6. The van der Waals surface area contributed by atoms with Crippen LogP contribution in [0, 0.1) is 37.0 Å². The Balaban J connectivity index is 0.000000225. The van der Waals surface area contributed by atoms with Gasteiger partial charge in [0.15, 0.2) is 46.5 Å². The number of aliphatic hydroxyl groups is 1. The van der Waals surface area contributed by atoms with Crippen LogP contribution in [0.5, 0.6) is 0 Å². The Bertz CT molecular complexity index is 4720. The van der Waals surface area contributed by atoms with Crippen molar-refractivity contribution < 1.29 is 33.0 Å². The van der Waals surface area contributed by atoms with E-state index in [1.54, 1.807) is 24.7 Å². The average Bonchev–Trinajstić information content (AvgIpc) is 1.57. The topological polar surface area (TPSA) is 406 Å². The maximum Gasteiger partial charge on any atom is 0.407 e. The van der Waals surface area contributed by atoms with Crippen LogP contribution >= 0.6 is 11.3 Å². The molecule has 3 saturated heterocycles. The van der Waals surface area contributed by atoms with Gasteiger partial charge in [-0.05, 0) is 123 Å². The van der Waals surface area contributed by atoms with Crippen LogP contribution in [0.25, 0.3) is 10.7 Å². The number of nitrogens with one attached hydrogen (secondary N) is 10. The Morgan fingerprint density at radius 3 is 1.47 bits per heavy atom. The van der Waals surface area contributed by atoms with E-state index in [-0.39, 0.29) is 26.8 Å². The number of primary sulfonamides is 1. The molecular weight excluding hydrogens is 1350 g/mol. The highest BCUT2D eigenvalue weighted by atomic mass is 32.2. The standard InChI is InChI=1S/C21H27N7O2.C17H21N7.C17H20N6.C15H16N6O3S2.7H2/c1-5-13-11-22-19(25-18(13)24-17-10-16(26-27-17)14-6-7-14)28-9-8-15(12-28)23-20(29)30-21(2,3)4;1-2-12-11-19-17(24-8-3-6-18-7-9-24)21-16(12)20-15-10-14(22-23-15)13-4-5-13;1-2-12-11-18-17(23-8-4-3-5-9-23)20-16(12)19-15-10-14(21-22-15)13-6-7-13;16-26(23,24)13-4-3-11(25-13)15-17-6-9(7-22)14(19-15)18-12-5-10(20-21-12)8-1-2-8;;;;;;;/h1,10-11,14-15H,6-9,12H2,2-4H3,(H,23,29)(H2,22,24,25,26,27);1,10-11,13,18H,3-9H2,(H2,19,20,21,22,23);1,10-11,13H,3-9H2,(H2,18,19,20,21,22);3-6,8,22H,1-2,7H2,(H2,16,23,24)(H2,17,18,19,20,21);7*1H/t15-;;;;;;;;;;/m1........../s1. The first kappa shape index (κ1) is 70.7. The first-order valence-corrected chi connectivity index (χ1v) is 37.1. The fourth-order valence-electron chi connectivity index (χ4n) is 11.7. The van der Waals surface area contributed by atoms with E-state index in [0.717, 1.165) is 112 Å². The van der Waals surface area contributed by atoms with Crippen molar-refractivity contribution in [1.29, 1.82) is 0 Å². The molecule has 12 heterocycles. The molecule has 4 saturated carbocycles. The molecule has 9 aromatic heterocycles. The van der Waals surface area contributed by atoms with Crippen LogP contribution < -0.4 is 51.7 Å². The highest BCUT2D eigenvalue weighted by molar-refractivity contribution is 7.91. The summed E-state index contributed by atoms with van der Waals surface area (Å²) in [7, 11) is -3.77. The molecule has 7 aliphatic rings. The van der Waals surface area contributed by atoms with Gasteiger partial charge in [-0.2, -0.15) is 35.3 Å². The van der Waals surface area contributed by atoms with E-state index in [4.69, 9.17) is 29.1 Å². The number of hydrogen-bond donors (Lipinski definition) is 12. The first-order chi connectivity index (χ1) is 49.9. The number of rotatable bonds is 19. The number of sulfonamides is 1. The Morgan fingerprint density at radius 2 is 1.04 bits per heavy atom. The summed E-state index contributed by atoms with van der Waals surface area (Å²) in [5.41, 5.74) is 6.40. The maximum atomic E-state index is 12.0. The number of aromatic amines is 4. The predicted octanol–water partition coefficient (Wildman–Crippen LogP) is 10.7. The van der Waals surface area contributed by atoms with E-state index in [1.165, 1.54) is 81.4 Å². The Kier molecular flexibility index (Phi) is 21.7. The molecule has 13 N–H and O–H groups in total. The number of aromatic nitrogens is 16. The molecule has 0 aromatic carbocycles. The van der Waals surface area contributed by atoms with E-state index in [2.05, 4.69) is 140 Å². The maximum absolute atomic E-state index is 12.0. The van der Waals surface area contributed by atoms with Gasteiger partial charge in [-0.3, -0.25) is 20.4 Å². The van der Waals surface area contributed by atoms with Gasteiger partial charge < -0.3 is 56.4 Å². The number of thiophene rings is 1. The van der Waals surface area contributed by atoms with Gasteiger partial charge in [0.05, 0.1) is 52.8 Å². The van der Waals surface area contributed by atoms with Crippen molar-refractivity contribution in [2.45, 2.75) is 150 Å². The number of carbonyl (C=O) groups excluding carboxylic acids is 1. The second-order valence-corrected chi connectivity index (χ2v) is 30.1. The van der Waals surface area contributed by atoms with Gasteiger partial charge in [0.25, 0.3) is 0 Å². The second kappa shape index (κ2) is 31.6. The van der Waals surface area contributed by atoms with Gasteiger partial charge in [-0.15, -0.1) is 30.6 Å². The smallest absolute Gasteiger partial charge is 0.407 e. The van der Waals surface area contributed by atoms with Gasteiger partial charge >= 0.3 is 6.09 Å². The monoisotopic (exact) mass is 1450 g/mol. The molecule has 1 amide bonds. The average molecular weight is 1450 g/mol. The van der Waals surface area contributed by atoms with Crippen LogP contribution in [0.4, 0.5) is 69.2 Å². The summed E-state index contributed by atoms with van der Waals surface area (Å²) in [5.74, 6) is 17.7. The summed E-state index contributed by atoms with van der Waals surface area (Å²) in [5, 5.41) is 63.1. The van der Waals surface area contributed by atoms with Gasteiger partial charge in [-0.25, -0.2) is 43.3 Å². The number of piperidine rings is 1. The summed E-state index contributed by atoms with van der Waals surface area (Å²) < 4.78 is 28.3. The lowest BCUT2D eigenvalue weighted by atomic mass is 10.1. The molecule has 31 nitrogen and oxygen atoms in total. The van der Waals surface area contributed by atoms with Crippen molar-refractivity contribution >= 4 is 91.8 Å². The normalized spacial score (nSPS) is 17.3. The van der Waals surface area contributed by atoms with Crippen molar-refractivity contribution in [2.75, 3.05) is 88.3 Å². The molecule has 1 atom stereocenters. The molecule has 550 valence electrons. The molecule has 0 bridgehead atoms. The van der Waals surface area contributed by atoms with E-state index < -0.39 is 21.7 Å². The second-order valence-electron chi connectivity index (χ2n) is 27.3. The third-order valence-electron chi connectivity index (χ3n) is 17.8. The lowest BCUT2D eigenvalue weighted by Crippen LogP contribution is -2.40. The molecular formula is C70H98N26O5S2. The molecule has 33 heteroatoms. The molecule has 0 unspecified atom stereocenters. The van der Waals surface area contributed by atoms with Crippen molar-refractivity contribution in [2.24, 2.45) is 5.14 Å². The molecule has 103 heavy (non-hydrogen) atoms. The van der Waals surface area contributed by atoms with E-state index in [1.807, 2.05) is 49.9 Å². The van der Waals surface area contributed by atoms with Crippen LogP contribution in [0.3, 0.4) is 0 Å². The number of carbonyl (C=O) groups is 1. The number of amides is 1. The Hall–Kier alpha value is -10.8. The highest BCUT2D eigenvalue weighted by Crippen LogP contribution is 2.43. The summed E-state index contributed by atoms with van der Waals surface area (Å²) >= 11 is 0.988. The third-order valence-corrected chi connectivity index (χ3v) is 20.3. The molecule has 16 rings (SSSR count). The highest BCUT2D eigenvalue weighted by Gasteiger charge is 2.32. The fraction of sp³-hybridized carbons (Fsp3) is 0.443. The van der Waals surface area contributed by atoms with E-state index >= 15 is 0 Å². The lowest BCUT2D eigenvalue weighted by Gasteiger charge is -2.26. The third kappa shape index (κ3) is 19.1. The minimum Gasteiger partial charge on any atom is -0.444 e. The van der Waals surface area contributed by atoms with Crippen molar-refractivity contribution in [3.05, 3.63) is 106 Å². The number of anilines is 11. The summed E-state index contributed by atoms with van der Waals surface area (Å²) in [6.45, 7) is 12.4. The van der Waals surface area contributed by atoms with Crippen LogP contribution in [0.15, 0.2) is 65.4 Å². The van der Waals surface area contributed by atoms with Crippen molar-refractivity contribution in [3.8, 4) is 47.7 Å². The number of ether oxygens (including phenoxy) is 1. The number of hydrogen-bond acceptors (Lipinski definition) is 26. The first-order valence-electron chi connectivity index (χ1n) is 34.8. The quantitative estimate of drug-likeness (QED) is 0.0335. The van der Waals surface area contributed by atoms with Crippen LogP contribution in [0.2, 0.25) is 0 Å². The molecule has 3 aliphatic heterocycles. The SMILES string of the molecule is C#Cc1cnc(N2CCCCC2)nc1Nc1cc(C2CC2)[nH]n1.C#Cc1cnc(N2CCCNCC2)nc1Nc1cc(C2CC2)[nH]n1.C#Cc1cnc(N2CC[C@@H](NC(=O)OC(C)(C)C)C2)nc1Nc1cc(C2CC2)[nH]n1.NS(=O)(=O)c1ccc(-c2ncc(CO)c(Nc3cc(C4CC4)[nH]n3)n2)s1.[HH].[HH].[HH].[HH].[HH].[HH].[HH]. The van der Waals surface area contributed by atoms with Gasteiger partial charge in [0, 0.05) is 138 Å². The number of alkyl carbamates (subject to hydrolysis) is 1. The van der Waals surface area contributed by atoms with Crippen LogP contribution in [-0.2, 0) is 21.4 Å². The van der Waals surface area contributed by atoms with E-state index in [0.29, 0.717) is 110 Å². The van der Waals surface area contributed by atoms with Crippen molar-refractivity contribution in [3.63, 3.8) is 0 Å². The van der Waals surface area contributed by atoms with Gasteiger partial charge in [0.1, 0.15) is 15.6 Å². The number of aliphatic hydroxyl groups excluding tert-OH is 1. The molecule has 0 radical (unpaired) electrons. The Morgan fingerprint density at radius 1 is 0.592 bits per heavy atom. The molecule has 7 fully saturated rings. The lowest BCUT2D eigenvalue weighted by molar-refractivity contribution is 0.0508. The molecule has 9 aromatic rings. The van der Waals surface area contributed by atoms with Crippen LogP contribution in [-0.4, -0.2) is 164 Å². The fourth-order valence-corrected chi connectivity index (χ4v) is 13.4. The summed E-state index contributed by atoms with van der Waals surface area (Å²) in [6.07, 6.45) is 38.1. The minimum atomic E-state index is -3.77. The number of nitrogens with zero attached hydrogens (tertiary/aromatic N) is 15. The minimum absolute atomic E-state index is 0. The zero-order valence-corrected chi connectivity index (χ0v) is 59.3. The molecule has 0 spiro atoms.